The van der Waals surface area contributed by atoms with Gasteiger partial charge in [-0.3, -0.25) is 54.3 Å². The molecular weight excluding hydrogens is 1840 g/mol. The number of anilines is 2. The van der Waals surface area contributed by atoms with Crippen LogP contribution in [0.4, 0.5) is 21.0 Å². The van der Waals surface area contributed by atoms with Crippen molar-refractivity contribution < 1.29 is 167 Å². The van der Waals surface area contributed by atoms with Gasteiger partial charge in [0, 0.05) is 90.9 Å². The molecule has 4 aliphatic rings. The lowest BCUT2D eigenvalue weighted by molar-refractivity contribution is -0.282. The highest BCUT2D eigenvalue weighted by Crippen LogP contribution is 2.45. The predicted octanol–water partition coefficient (Wildman–Crippen LogP) is 10.7. The zero-order valence-corrected chi connectivity index (χ0v) is 84.2. The molecule has 4 heterocycles. The number of nitrogens with zero attached hydrogens (tertiary/aromatic N) is 2. The molecule has 758 valence electrons. The number of ether oxygens (including phenoxy) is 19. The normalized spacial score (nSPS) is 20.8. The molecule has 4 aromatic carbocycles. The van der Waals surface area contributed by atoms with Gasteiger partial charge in [0.25, 0.3) is 11.8 Å². The van der Waals surface area contributed by atoms with Crippen molar-refractivity contribution in [3.63, 3.8) is 0 Å². The first-order chi connectivity index (χ1) is 65.0. The highest BCUT2D eigenvalue weighted by Gasteiger charge is 2.58. The Morgan fingerprint density at radius 2 is 0.949 bits per heavy atom. The fourth-order valence-corrected chi connectivity index (χ4v) is 16.8. The maximum absolute atomic E-state index is 15.2. The summed E-state index contributed by atoms with van der Waals surface area (Å²) >= 11 is 0. The molecule has 0 aliphatic carbocycles. The molecule has 0 spiro atoms. The van der Waals surface area contributed by atoms with Crippen LogP contribution in [0.15, 0.2) is 84.2 Å². The Bertz CT molecular complexity index is 5120. The molecule has 7 unspecified atom stereocenters. The Labute approximate surface area is 804 Å². The lowest BCUT2D eigenvalue weighted by Gasteiger charge is -2.43. The van der Waals surface area contributed by atoms with Crippen LogP contribution in [0, 0.1) is 12.3 Å². The van der Waals surface area contributed by atoms with Crippen LogP contribution in [0.1, 0.15) is 184 Å². The summed E-state index contributed by atoms with van der Waals surface area (Å²) in [5.41, 5.74) is 2.11. The molecule has 2 saturated heterocycles. The second kappa shape index (κ2) is 49.9. The number of hydrogen-bond acceptors (Lipinski definition) is 37. The van der Waals surface area contributed by atoms with Gasteiger partial charge in [-0.25, -0.2) is 19.2 Å². The summed E-state index contributed by atoms with van der Waals surface area (Å²) < 4.78 is 122. The monoisotopic (exact) mass is 1970 g/mol. The van der Waals surface area contributed by atoms with Crippen LogP contribution >= 0.6 is 0 Å². The molecule has 0 bridgehead atoms. The van der Waals surface area contributed by atoms with E-state index in [1.54, 1.807) is 22.1 Å². The molecular formula is C95H130N6O35Si2. The van der Waals surface area contributed by atoms with E-state index in [2.05, 4.69) is 94.9 Å². The first kappa shape index (κ1) is 111. The van der Waals surface area contributed by atoms with Crippen molar-refractivity contribution in [3.8, 4) is 46.8 Å². The fraction of sp³-hybridized carbons (Fsp3) is 0.558. The van der Waals surface area contributed by atoms with Crippen LogP contribution in [-0.2, 0) is 122 Å². The molecule has 8 rings (SSSR count). The number of amides is 4. The summed E-state index contributed by atoms with van der Waals surface area (Å²) in [5, 5.41) is 35.1. The Morgan fingerprint density at radius 3 is 1.43 bits per heavy atom. The van der Waals surface area contributed by atoms with E-state index >= 15 is 4.79 Å². The van der Waals surface area contributed by atoms with E-state index in [9.17, 15) is 63.0 Å². The van der Waals surface area contributed by atoms with Crippen LogP contribution < -0.4 is 49.7 Å². The number of benzene rings is 4. The lowest BCUT2D eigenvalue weighted by atomic mass is 9.97. The molecule has 41 nitrogen and oxygen atoms in total. The Balaban J connectivity index is 1.05. The second-order valence-corrected chi connectivity index (χ2v) is 45.8. The molecule has 14 atom stereocenters. The minimum Gasteiger partial charge on any atom is -0.493 e. The summed E-state index contributed by atoms with van der Waals surface area (Å²) in [7, 11) is 1.61. The number of aliphatic hydroxyl groups excluding tert-OH is 2. The van der Waals surface area contributed by atoms with Crippen LogP contribution in [0.5, 0.6) is 34.5 Å². The van der Waals surface area contributed by atoms with E-state index in [1.165, 1.54) is 75.9 Å². The highest BCUT2D eigenvalue weighted by molar-refractivity contribution is 6.74. The minimum absolute atomic E-state index is 0.0196. The SMILES string of the molecule is C#CCNC(=O)c1cc(COC(=O)Nc2cc(OCCCCCOc3cc(NC(=O)OCc4ccc(O[C@@H]5O[C@H](C(=O)OC)C(OC(C)=O)C(OC(C)=O)C5OC(C)=O)c(C(O)NCCOC)c4)c(C(O)N4C=C(C)CC4CO[Si](C)(C)C(C)(C)C)cc3OC)c(OC)cc2C(=O)N2C=C(C)C[C@H]2CO[Si](C)(C)C(C)(C)C)ccc1O[C@@H]1O[C@H](C(=O)OC)[C@@H](OC(C)=O)C(OC(C)=O)[C@H]1OC(C)=O. The molecule has 4 amide bonds. The van der Waals surface area contributed by atoms with Crippen molar-refractivity contribution in [2.24, 2.45) is 0 Å². The summed E-state index contributed by atoms with van der Waals surface area (Å²) in [6, 6.07) is 13.3. The van der Waals surface area contributed by atoms with Crippen molar-refractivity contribution in [1.29, 1.82) is 0 Å². The Hall–Kier alpha value is -12.1. The van der Waals surface area contributed by atoms with E-state index in [4.69, 9.17) is 105 Å². The van der Waals surface area contributed by atoms with E-state index < -0.39 is 182 Å². The number of unbranched alkanes of at least 4 members (excludes halogenated alkanes) is 2. The predicted molar refractivity (Wildman–Crippen MR) is 497 cm³/mol. The standard InChI is InChI=1S/C95H130N6O35Si2/c1-25-33-96-84(108)66-40-60(29-31-70(66)133-90-82(131-58(8)106)78(129-56(6)104)76(127-54(4)102)80(135-90)88(112)119-19)48-123-92(114)98-68-44-74(72(117-17)42-64(68)86(110)100-46-52(2)38-62(100)50-125-137(21,22)94(10,11)12)121-35-27-26-28-36-122-75-45-69(65(43-73(75)118-18)87(111)101-47-53(3)39-63(101)51-126-138(23,24)95(13,14)15)99-93(115)124-49-61-30-32-71(67(41-61)85(109)97-34-37-116-16)134-91-83(132-59(9)107)79(130-57(7)105)77(128-55(5)103)81(136-91)89(113)120-20/h1,29-32,40-47,62-63,76-83,85,87,90-91,97,109,111H,26-28,33-39,48-51H2,2-24H3,(H,96,108)(H,98,114)(H,99,115)/t62-,63?,76-,77?,78?,79?,80-,81-,82+,83?,85?,87?,90+,91+/m0/s1. The van der Waals surface area contributed by atoms with Crippen molar-refractivity contribution in [1.82, 2.24) is 20.4 Å². The van der Waals surface area contributed by atoms with E-state index in [0.717, 1.165) is 66.9 Å². The molecule has 0 saturated carbocycles. The topological polar surface area (TPSA) is 494 Å². The Kier molecular flexibility index (Phi) is 40.2. The van der Waals surface area contributed by atoms with Gasteiger partial charge in [-0.05, 0) is 130 Å². The third kappa shape index (κ3) is 30.2. The van der Waals surface area contributed by atoms with E-state index in [0.29, 0.717) is 32.1 Å². The quantitative estimate of drug-likeness (QED) is 0.00598. The van der Waals surface area contributed by atoms with Gasteiger partial charge in [0.2, 0.25) is 24.8 Å². The molecule has 138 heavy (non-hydrogen) atoms. The van der Waals surface area contributed by atoms with Gasteiger partial charge in [0.1, 0.15) is 30.9 Å². The number of methoxy groups -OCH3 is 5. The second-order valence-electron chi connectivity index (χ2n) is 36.2. The van der Waals surface area contributed by atoms with Gasteiger partial charge >= 0.3 is 59.9 Å². The van der Waals surface area contributed by atoms with Gasteiger partial charge < -0.3 is 124 Å². The third-order valence-corrected chi connectivity index (χ3v) is 32.5. The van der Waals surface area contributed by atoms with Crippen LogP contribution in [0.2, 0.25) is 36.3 Å². The molecule has 43 heteroatoms. The average molecular weight is 1970 g/mol. The molecule has 6 N–H and O–H groups in total. The summed E-state index contributed by atoms with van der Waals surface area (Å²) in [4.78, 5) is 163. The maximum Gasteiger partial charge on any atom is 0.411 e. The summed E-state index contributed by atoms with van der Waals surface area (Å²) in [5.74, 6) is -6.79. The third-order valence-electron chi connectivity index (χ3n) is 23.5. The van der Waals surface area contributed by atoms with E-state index in [-0.39, 0.29) is 141 Å². The number of carbonyl (C=O) groups excluding carboxylic acids is 12. The number of hydrogen-bond donors (Lipinski definition) is 6. The Morgan fingerprint density at radius 1 is 0.507 bits per heavy atom. The van der Waals surface area contributed by atoms with E-state index in [1.807, 2.05) is 20.0 Å². The molecule has 2 fully saturated rings. The molecule has 4 aromatic rings. The molecule has 0 aromatic heterocycles. The summed E-state index contributed by atoms with van der Waals surface area (Å²) in [6.45, 7) is 30.6. The first-order valence-electron chi connectivity index (χ1n) is 44.7. The largest absolute Gasteiger partial charge is 0.493 e. The van der Waals surface area contributed by atoms with Crippen molar-refractivity contribution in [2.75, 3.05) is 92.3 Å². The minimum atomic E-state index is -2.35. The highest BCUT2D eigenvalue weighted by atomic mass is 28.4. The number of terminal acetylenes is 1. The average Bonchev–Trinajstić information content (AvgIpc) is 1.23. The van der Waals surface area contributed by atoms with Crippen molar-refractivity contribution >= 4 is 99.8 Å². The van der Waals surface area contributed by atoms with Gasteiger partial charge in [-0.1, -0.05) is 70.7 Å². The van der Waals surface area contributed by atoms with Gasteiger partial charge in [-0.2, -0.15) is 0 Å². The number of esters is 8. The van der Waals surface area contributed by atoms with Crippen molar-refractivity contribution in [3.05, 3.63) is 118 Å². The van der Waals surface area contributed by atoms with Crippen LogP contribution in [0.3, 0.4) is 0 Å². The zero-order chi connectivity index (χ0) is 102. The van der Waals surface area contributed by atoms with Gasteiger partial charge in [0.05, 0.1) is 103 Å². The fourth-order valence-electron chi connectivity index (χ4n) is 14.7. The number of nitrogens with one attached hydrogen (secondary N) is 4. The maximum atomic E-state index is 15.2. The number of rotatable bonds is 44. The van der Waals surface area contributed by atoms with Gasteiger partial charge in [-0.15, -0.1) is 6.42 Å². The smallest absolute Gasteiger partial charge is 0.411 e. The van der Waals surface area contributed by atoms with Crippen molar-refractivity contribution in [2.45, 2.75) is 264 Å². The first-order valence-corrected chi connectivity index (χ1v) is 50.5. The lowest BCUT2D eigenvalue weighted by Crippen LogP contribution is -2.64. The molecule has 0 radical (unpaired) electrons. The van der Waals surface area contributed by atoms with Crippen LogP contribution in [0.25, 0.3) is 0 Å². The zero-order valence-electron chi connectivity index (χ0n) is 82.2. The number of carbonyl (C=O) groups is 12. The van der Waals surface area contributed by atoms with Crippen LogP contribution in [-0.4, -0.2) is 264 Å². The molecule has 4 aliphatic heterocycles. The number of aliphatic hydroxyl groups is 2. The summed E-state index contributed by atoms with van der Waals surface area (Å²) in [6.07, 6.45) is -11.5. The van der Waals surface area contributed by atoms with Gasteiger partial charge in [0.15, 0.2) is 82.5 Å².